The van der Waals surface area contributed by atoms with Crippen molar-refractivity contribution in [1.29, 1.82) is 5.26 Å². The summed E-state index contributed by atoms with van der Waals surface area (Å²) in [6.07, 6.45) is 3.50. The molecule has 1 N–H and O–H groups in total. The van der Waals surface area contributed by atoms with Gasteiger partial charge in [-0.1, -0.05) is 48.0 Å². The highest BCUT2D eigenvalue weighted by atomic mass is 35.5. The number of para-hydroxylation sites is 1. The summed E-state index contributed by atoms with van der Waals surface area (Å²) in [5, 5.41) is 14.0. The van der Waals surface area contributed by atoms with Gasteiger partial charge in [-0.2, -0.15) is 5.26 Å². The topological polar surface area (TPSA) is 35.8 Å². The van der Waals surface area contributed by atoms with Crippen molar-refractivity contribution < 1.29 is 0 Å². The van der Waals surface area contributed by atoms with Gasteiger partial charge in [-0.15, -0.1) is 0 Å². The van der Waals surface area contributed by atoms with E-state index in [0.717, 1.165) is 42.0 Å². The molecule has 2 nitrogen and oxygen atoms in total. The molecule has 112 valence electrons. The average Bonchev–Trinajstić information content (AvgIpc) is 2.75. The van der Waals surface area contributed by atoms with Crippen molar-refractivity contribution in [3.63, 3.8) is 0 Å². The highest BCUT2D eigenvalue weighted by Crippen LogP contribution is 2.35. The van der Waals surface area contributed by atoms with Crippen LogP contribution in [-0.4, -0.2) is 6.54 Å². The van der Waals surface area contributed by atoms with Gasteiger partial charge >= 0.3 is 0 Å². The molecule has 0 amide bonds. The summed E-state index contributed by atoms with van der Waals surface area (Å²) in [4.78, 5) is 0. The molecule has 0 radical (unpaired) electrons. The highest BCUT2D eigenvalue weighted by Gasteiger charge is 2.32. The third-order valence-corrected chi connectivity index (χ3v) is 4.94. The largest absolute Gasteiger partial charge is 0.383 e. The van der Waals surface area contributed by atoms with Crippen molar-refractivity contribution in [1.82, 2.24) is 0 Å². The van der Waals surface area contributed by atoms with Crippen LogP contribution in [0.4, 0.5) is 5.69 Å². The normalized spacial score (nSPS) is 20.4. The second-order valence-corrected chi connectivity index (χ2v) is 6.40. The summed E-state index contributed by atoms with van der Waals surface area (Å²) < 4.78 is 0. The zero-order valence-corrected chi connectivity index (χ0v) is 13.2. The number of hydrogen-bond donors (Lipinski definition) is 1. The molecule has 0 bridgehead atoms. The first-order valence-electron chi connectivity index (χ1n) is 7.69. The van der Waals surface area contributed by atoms with Crippen molar-refractivity contribution in [2.45, 2.75) is 25.7 Å². The van der Waals surface area contributed by atoms with E-state index in [2.05, 4.69) is 29.6 Å². The van der Waals surface area contributed by atoms with Crippen LogP contribution in [0.3, 0.4) is 0 Å². The number of fused-ring (bicyclic) bond motifs is 1. The number of rotatable bonds is 3. The summed E-state index contributed by atoms with van der Waals surface area (Å²) in [7, 11) is 0. The molecule has 3 rings (SSSR count). The fourth-order valence-electron chi connectivity index (χ4n) is 3.08. The molecule has 1 atom stereocenters. The molecule has 0 spiro atoms. The van der Waals surface area contributed by atoms with E-state index in [1.807, 2.05) is 30.3 Å². The van der Waals surface area contributed by atoms with Crippen molar-refractivity contribution in [2.75, 3.05) is 11.9 Å². The number of nitrogens with zero attached hydrogens (tertiary/aromatic N) is 1. The first-order chi connectivity index (χ1) is 10.7. The smallest absolute Gasteiger partial charge is 0.0752 e. The summed E-state index contributed by atoms with van der Waals surface area (Å²) in [5.41, 5.74) is 3.26. The lowest BCUT2D eigenvalue weighted by atomic mass is 9.79. The van der Waals surface area contributed by atoms with Gasteiger partial charge in [0.2, 0.25) is 0 Å². The van der Waals surface area contributed by atoms with Crippen LogP contribution in [0.2, 0.25) is 5.02 Å². The molecule has 0 fully saturated rings. The molecule has 0 saturated carbocycles. The van der Waals surface area contributed by atoms with Gasteiger partial charge in [0.05, 0.1) is 11.5 Å². The van der Waals surface area contributed by atoms with Crippen LogP contribution in [0.15, 0.2) is 48.5 Å². The number of anilines is 1. The van der Waals surface area contributed by atoms with Gasteiger partial charge in [0.15, 0.2) is 0 Å². The third kappa shape index (κ3) is 3.10. The molecule has 1 aliphatic heterocycles. The molecule has 1 aliphatic rings. The number of nitriles is 1. The zero-order valence-electron chi connectivity index (χ0n) is 12.5. The summed E-state index contributed by atoms with van der Waals surface area (Å²) >= 11 is 6.24. The van der Waals surface area contributed by atoms with Crippen LogP contribution < -0.4 is 5.32 Å². The maximum atomic E-state index is 9.77. The van der Waals surface area contributed by atoms with E-state index in [1.54, 1.807) is 0 Å². The number of aryl methyl sites for hydroxylation is 2. The zero-order chi connectivity index (χ0) is 15.4. The molecule has 0 aliphatic carbocycles. The molecule has 2 aromatic carbocycles. The molecule has 0 saturated heterocycles. The maximum Gasteiger partial charge on any atom is 0.0752 e. The SMILES string of the molecule is N#C[C@@]1(CCc2ccccc2Cl)CCc2ccccc2NC1. The molecule has 0 aromatic heterocycles. The van der Waals surface area contributed by atoms with E-state index in [0.29, 0.717) is 6.54 Å². The Kier molecular flexibility index (Phi) is 4.36. The average molecular weight is 311 g/mol. The Hall–Kier alpha value is -1.98. The molecule has 1 heterocycles. The van der Waals surface area contributed by atoms with E-state index in [1.165, 1.54) is 5.56 Å². The van der Waals surface area contributed by atoms with Crippen molar-refractivity contribution in [3.05, 3.63) is 64.7 Å². The monoisotopic (exact) mass is 310 g/mol. The predicted molar refractivity (Wildman–Crippen MR) is 91.1 cm³/mol. The number of benzene rings is 2. The van der Waals surface area contributed by atoms with E-state index in [9.17, 15) is 5.26 Å². The van der Waals surface area contributed by atoms with Crippen LogP contribution >= 0.6 is 11.6 Å². The first kappa shape index (κ1) is 14.9. The summed E-state index contributed by atoms with van der Waals surface area (Å²) in [6.45, 7) is 0.699. The minimum atomic E-state index is -0.335. The third-order valence-electron chi connectivity index (χ3n) is 4.58. The molecular weight excluding hydrogens is 292 g/mol. The Bertz CT molecular complexity index is 676. The second-order valence-electron chi connectivity index (χ2n) is 5.99. The minimum Gasteiger partial charge on any atom is -0.383 e. The lowest BCUT2D eigenvalue weighted by molar-refractivity contribution is 0.362. The van der Waals surface area contributed by atoms with E-state index < -0.39 is 0 Å². The molecular formula is C19H19ClN2. The lowest BCUT2D eigenvalue weighted by Gasteiger charge is -2.25. The van der Waals surface area contributed by atoms with Gasteiger partial charge in [0, 0.05) is 17.3 Å². The van der Waals surface area contributed by atoms with E-state index in [4.69, 9.17) is 11.6 Å². The van der Waals surface area contributed by atoms with Gasteiger partial charge in [-0.3, -0.25) is 0 Å². The van der Waals surface area contributed by atoms with Crippen molar-refractivity contribution >= 4 is 17.3 Å². The van der Waals surface area contributed by atoms with Gasteiger partial charge in [0.25, 0.3) is 0 Å². The van der Waals surface area contributed by atoms with Crippen molar-refractivity contribution in [3.8, 4) is 6.07 Å². The van der Waals surface area contributed by atoms with Gasteiger partial charge in [0.1, 0.15) is 0 Å². The van der Waals surface area contributed by atoms with Gasteiger partial charge < -0.3 is 5.32 Å². The van der Waals surface area contributed by atoms with Crippen LogP contribution in [0.5, 0.6) is 0 Å². The second kappa shape index (κ2) is 6.42. The predicted octanol–water partition coefficient (Wildman–Crippen LogP) is 4.84. The Morgan fingerprint density at radius 2 is 1.91 bits per heavy atom. The summed E-state index contributed by atoms with van der Waals surface area (Å²) in [5.74, 6) is 0. The Morgan fingerprint density at radius 3 is 2.73 bits per heavy atom. The molecule has 0 unspecified atom stereocenters. The number of halogens is 1. The Balaban J connectivity index is 1.74. The van der Waals surface area contributed by atoms with E-state index in [-0.39, 0.29) is 5.41 Å². The van der Waals surface area contributed by atoms with Crippen LogP contribution in [0.1, 0.15) is 24.0 Å². The lowest BCUT2D eigenvalue weighted by Crippen LogP contribution is -2.28. The Labute approximate surface area is 136 Å². The molecule has 2 aromatic rings. The van der Waals surface area contributed by atoms with Crippen LogP contribution in [0, 0.1) is 16.7 Å². The first-order valence-corrected chi connectivity index (χ1v) is 8.07. The quantitative estimate of drug-likeness (QED) is 0.880. The Morgan fingerprint density at radius 1 is 1.14 bits per heavy atom. The summed E-state index contributed by atoms with van der Waals surface area (Å²) in [6, 6.07) is 18.8. The fraction of sp³-hybridized carbons (Fsp3) is 0.316. The van der Waals surface area contributed by atoms with Crippen molar-refractivity contribution in [2.24, 2.45) is 5.41 Å². The molecule has 22 heavy (non-hydrogen) atoms. The maximum absolute atomic E-state index is 9.77. The number of hydrogen-bond acceptors (Lipinski definition) is 2. The van der Waals surface area contributed by atoms with Gasteiger partial charge in [-0.05, 0) is 48.9 Å². The minimum absolute atomic E-state index is 0.335. The van der Waals surface area contributed by atoms with E-state index >= 15 is 0 Å². The number of nitrogens with one attached hydrogen (secondary N) is 1. The van der Waals surface area contributed by atoms with Crippen LogP contribution in [0.25, 0.3) is 0 Å². The highest BCUT2D eigenvalue weighted by molar-refractivity contribution is 6.31. The fourth-order valence-corrected chi connectivity index (χ4v) is 3.31. The van der Waals surface area contributed by atoms with Gasteiger partial charge in [-0.25, -0.2) is 0 Å². The standard InChI is InChI=1S/C19H19ClN2/c20-17-7-3-1-5-15(17)9-11-19(13-21)12-10-16-6-2-4-8-18(16)22-14-19/h1-8,22H,9-12,14H2/t19-/m1/s1. The van der Waals surface area contributed by atoms with Crippen LogP contribution in [-0.2, 0) is 12.8 Å². The molecule has 3 heteroatoms.